The van der Waals surface area contributed by atoms with E-state index in [9.17, 15) is 4.79 Å². The Morgan fingerprint density at radius 2 is 1.77 bits per heavy atom. The summed E-state index contributed by atoms with van der Waals surface area (Å²) in [5.41, 5.74) is 9.78. The number of hydrogen-bond acceptors (Lipinski definition) is 2. The van der Waals surface area contributed by atoms with E-state index in [0.717, 1.165) is 12.0 Å². The number of carbonyl (C=O) groups excluding carboxylic acids is 1. The topological polar surface area (TPSA) is 55.1 Å². The summed E-state index contributed by atoms with van der Waals surface area (Å²) in [5, 5.41) is 3.04. The lowest BCUT2D eigenvalue weighted by atomic mass is 10.0. The molecule has 0 radical (unpaired) electrons. The van der Waals surface area contributed by atoms with Gasteiger partial charge < -0.3 is 11.1 Å². The average Bonchev–Trinajstić information content (AvgIpc) is 2.49. The maximum atomic E-state index is 12.2. The maximum absolute atomic E-state index is 12.2. The molecule has 2 aromatic rings. The van der Waals surface area contributed by atoms with Gasteiger partial charge in [-0.3, -0.25) is 4.79 Å². The number of aryl methyl sites for hydroxylation is 1. The lowest BCUT2D eigenvalue weighted by Gasteiger charge is -2.15. The first-order chi connectivity index (χ1) is 10.1. The molecule has 0 saturated heterocycles. The number of rotatable bonds is 5. The van der Waals surface area contributed by atoms with Crippen molar-refractivity contribution in [1.82, 2.24) is 5.32 Å². The van der Waals surface area contributed by atoms with Crippen LogP contribution in [0.3, 0.4) is 0 Å². The number of benzene rings is 2. The third kappa shape index (κ3) is 4.86. The van der Waals surface area contributed by atoms with E-state index in [4.69, 9.17) is 5.73 Å². The van der Waals surface area contributed by atoms with Crippen LogP contribution in [0.5, 0.6) is 0 Å². The number of halogens is 1. The molecule has 118 valence electrons. The Labute approximate surface area is 138 Å². The van der Waals surface area contributed by atoms with Crippen molar-refractivity contribution in [2.45, 2.75) is 32.9 Å². The minimum atomic E-state index is -0.0420. The van der Waals surface area contributed by atoms with Crippen molar-refractivity contribution in [3.8, 4) is 0 Å². The molecule has 1 atom stereocenters. The molecule has 0 fully saturated rings. The minimum absolute atomic E-state index is 0. The Hall–Kier alpha value is -1.84. The van der Waals surface area contributed by atoms with E-state index in [1.807, 2.05) is 43.3 Å². The van der Waals surface area contributed by atoms with Crippen LogP contribution in [0.15, 0.2) is 48.5 Å². The molecule has 2 rings (SSSR count). The highest BCUT2D eigenvalue weighted by Gasteiger charge is 2.11. The fourth-order valence-electron chi connectivity index (χ4n) is 2.32. The zero-order valence-corrected chi connectivity index (χ0v) is 13.8. The molecule has 4 heteroatoms. The number of amides is 1. The van der Waals surface area contributed by atoms with Crippen LogP contribution in [0, 0.1) is 6.92 Å². The number of nitrogens with one attached hydrogen (secondary N) is 1. The molecule has 0 aliphatic heterocycles. The van der Waals surface area contributed by atoms with E-state index >= 15 is 0 Å². The third-order valence-electron chi connectivity index (χ3n) is 3.62. The molecule has 0 aliphatic rings. The smallest absolute Gasteiger partial charge is 0.251 e. The van der Waals surface area contributed by atoms with E-state index in [1.165, 1.54) is 11.1 Å². The zero-order valence-electron chi connectivity index (χ0n) is 13.0. The van der Waals surface area contributed by atoms with Gasteiger partial charge in [-0.05, 0) is 49.1 Å². The Morgan fingerprint density at radius 1 is 1.14 bits per heavy atom. The second-order valence-corrected chi connectivity index (χ2v) is 5.41. The summed E-state index contributed by atoms with van der Waals surface area (Å²) in [5.74, 6) is -0.0420. The van der Waals surface area contributed by atoms with Crippen molar-refractivity contribution in [2.24, 2.45) is 5.73 Å². The van der Waals surface area contributed by atoms with Crippen molar-refractivity contribution >= 4 is 18.3 Å². The molecule has 0 aliphatic carbocycles. The molecule has 3 nitrogen and oxygen atoms in total. The molecule has 1 amide bonds. The van der Waals surface area contributed by atoms with Gasteiger partial charge in [0.25, 0.3) is 5.91 Å². The monoisotopic (exact) mass is 318 g/mol. The summed E-state index contributed by atoms with van der Waals surface area (Å²) < 4.78 is 0. The van der Waals surface area contributed by atoms with Crippen LogP contribution >= 0.6 is 12.4 Å². The Bertz CT molecular complexity index is 611. The summed E-state index contributed by atoms with van der Waals surface area (Å²) in [7, 11) is 0. The van der Waals surface area contributed by atoms with Gasteiger partial charge in [0.1, 0.15) is 0 Å². The lowest BCUT2D eigenvalue weighted by Crippen LogP contribution is -2.34. The van der Waals surface area contributed by atoms with Gasteiger partial charge in [0, 0.05) is 18.2 Å². The summed E-state index contributed by atoms with van der Waals surface area (Å²) >= 11 is 0. The first-order valence-electron chi connectivity index (χ1n) is 7.24. The van der Waals surface area contributed by atoms with Crippen LogP contribution in [0.2, 0.25) is 0 Å². The summed E-state index contributed by atoms with van der Waals surface area (Å²) in [6.45, 7) is 4.61. The van der Waals surface area contributed by atoms with Gasteiger partial charge in [0.2, 0.25) is 0 Å². The number of hydrogen-bond donors (Lipinski definition) is 2. The maximum Gasteiger partial charge on any atom is 0.251 e. The fourth-order valence-corrected chi connectivity index (χ4v) is 2.32. The van der Waals surface area contributed by atoms with Crippen LogP contribution in [0.4, 0.5) is 0 Å². The molecule has 0 spiro atoms. The average molecular weight is 319 g/mol. The van der Waals surface area contributed by atoms with Gasteiger partial charge in [-0.1, -0.05) is 36.4 Å². The van der Waals surface area contributed by atoms with Crippen LogP contribution in [-0.2, 0) is 13.0 Å². The Balaban J connectivity index is 0.00000242. The highest BCUT2D eigenvalue weighted by Crippen LogP contribution is 2.10. The highest BCUT2D eigenvalue weighted by atomic mass is 35.5. The van der Waals surface area contributed by atoms with Crippen molar-refractivity contribution in [1.29, 1.82) is 0 Å². The highest BCUT2D eigenvalue weighted by molar-refractivity contribution is 5.94. The first-order valence-corrected chi connectivity index (χ1v) is 7.24. The molecular formula is C18H23ClN2O. The second-order valence-electron chi connectivity index (χ2n) is 5.41. The van der Waals surface area contributed by atoms with Crippen molar-refractivity contribution in [2.75, 3.05) is 0 Å². The molecule has 22 heavy (non-hydrogen) atoms. The Morgan fingerprint density at radius 3 is 2.36 bits per heavy atom. The van der Waals surface area contributed by atoms with Gasteiger partial charge in [0.15, 0.2) is 0 Å². The largest absolute Gasteiger partial charge is 0.349 e. The van der Waals surface area contributed by atoms with E-state index in [1.54, 1.807) is 0 Å². The molecule has 1 unspecified atom stereocenters. The predicted octanol–water partition coefficient (Wildman–Crippen LogP) is 3.24. The Kier molecular flexibility index (Phi) is 7.09. The molecule has 0 bridgehead atoms. The second kappa shape index (κ2) is 8.57. The zero-order chi connectivity index (χ0) is 15.2. The molecule has 0 heterocycles. The van der Waals surface area contributed by atoms with Gasteiger partial charge >= 0.3 is 0 Å². The van der Waals surface area contributed by atoms with Crippen molar-refractivity contribution in [3.63, 3.8) is 0 Å². The lowest BCUT2D eigenvalue weighted by molar-refractivity contribution is 0.0940. The first kappa shape index (κ1) is 18.2. The normalized spacial score (nSPS) is 11.4. The van der Waals surface area contributed by atoms with Crippen LogP contribution < -0.4 is 11.1 Å². The molecular weight excluding hydrogens is 296 g/mol. The summed E-state index contributed by atoms with van der Waals surface area (Å²) in [6, 6.07) is 15.8. The van der Waals surface area contributed by atoms with Gasteiger partial charge in [0.05, 0.1) is 0 Å². The standard InChI is InChI=1S/C18H22N2O.ClH/c1-13-5-3-4-6-17(13)11-14(2)20-18(21)16-9-7-15(12-19)8-10-16;/h3-10,14H,11-12,19H2,1-2H3,(H,20,21);1H. The van der Waals surface area contributed by atoms with Crippen molar-refractivity contribution < 1.29 is 4.79 Å². The van der Waals surface area contributed by atoms with E-state index in [-0.39, 0.29) is 24.4 Å². The van der Waals surface area contributed by atoms with Crippen LogP contribution in [-0.4, -0.2) is 11.9 Å². The van der Waals surface area contributed by atoms with E-state index in [2.05, 4.69) is 24.4 Å². The van der Waals surface area contributed by atoms with E-state index in [0.29, 0.717) is 12.1 Å². The fraction of sp³-hybridized carbons (Fsp3) is 0.278. The predicted molar refractivity (Wildman–Crippen MR) is 93.4 cm³/mol. The van der Waals surface area contributed by atoms with Crippen LogP contribution in [0.25, 0.3) is 0 Å². The number of nitrogens with two attached hydrogens (primary N) is 1. The van der Waals surface area contributed by atoms with Crippen LogP contribution in [0.1, 0.15) is 34.0 Å². The quantitative estimate of drug-likeness (QED) is 0.889. The summed E-state index contributed by atoms with van der Waals surface area (Å²) in [4.78, 5) is 12.2. The SMILES string of the molecule is Cc1ccccc1CC(C)NC(=O)c1ccc(CN)cc1.Cl. The van der Waals surface area contributed by atoms with Gasteiger partial charge in [-0.2, -0.15) is 0 Å². The summed E-state index contributed by atoms with van der Waals surface area (Å²) in [6.07, 6.45) is 0.833. The molecule has 2 aromatic carbocycles. The molecule has 0 aromatic heterocycles. The van der Waals surface area contributed by atoms with E-state index < -0.39 is 0 Å². The molecule has 0 saturated carbocycles. The minimum Gasteiger partial charge on any atom is -0.349 e. The van der Waals surface area contributed by atoms with Crippen molar-refractivity contribution in [3.05, 3.63) is 70.8 Å². The number of carbonyl (C=O) groups is 1. The van der Waals surface area contributed by atoms with Gasteiger partial charge in [-0.15, -0.1) is 12.4 Å². The molecule has 3 N–H and O–H groups in total. The van der Waals surface area contributed by atoms with Gasteiger partial charge in [-0.25, -0.2) is 0 Å². The third-order valence-corrected chi connectivity index (χ3v) is 3.62.